The van der Waals surface area contributed by atoms with Crippen molar-refractivity contribution in [2.45, 2.75) is 111 Å². The number of hydrogen-bond donors (Lipinski definition) is 0. The van der Waals surface area contributed by atoms with Gasteiger partial charge in [0.2, 0.25) is 0 Å². The second-order valence-electron chi connectivity index (χ2n) is 8.80. The van der Waals surface area contributed by atoms with Gasteiger partial charge < -0.3 is 17.2 Å². The normalized spacial score (nSPS) is 15.4. The first kappa shape index (κ1) is 27.3. The third-order valence-electron chi connectivity index (χ3n) is 1.49. The zero-order chi connectivity index (χ0) is 18.6. The van der Waals surface area contributed by atoms with E-state index in [-0.39, 0.29) is 16.6 Å². The summed E-state index contributed by atoms with van der Waals surface area (Å²) in [7, 11) is 0. The van der Waals surface area contributed by atoms with E-state index in [1.54, 1.807) is 0 Å². The third-order valence-corrected chi connectivity index (χ3v) is 2.66. The molecule has 0 aromatic carbocycles. The van der Waals surface area contributed by atoms with Crippen LogP contribution >= 0.6 is 0 Å². The fourth-order valence-electron chi connectivity index (χ4n) is 1.02. The van der Waals surface area contributed by atoms with Gasteiger partial charge in [-0.25, -0.2) is 0 Å². The number of nitrogens with zero attached hydrogens (tertiary/aromatic N) is 1. The maximum absolute atomic E-state index is 6.94. The molecular weight excluding hydrogens is 441 g/mol. The Morgan fingerprint density at radius 2 is 0.864 bits per heavy atom. The Morgan fingerprint density at radius 3 is 0.955 bits per heavy atom. The minimum absolute atomic E-state index is 0.250. The van der Waals surface area contributed by atoms with Crippen molar-refractivity contribution in [2.75, 3.05) is 0 Å². The molecule has 0 heterocycles. The van der Waals surface area contributed by atoms with E-state index in [1.807, 2.05) is 62.3 Å². The molecule has 0 radical (unpaired) electrons. The predicted molar refractivity (Wildman–Crippen MR) is 96.9 cm³/mol. The zero-order valence-electron chi connectivity index (χ0n) is 16.3. The van der Waals surface area contributed by atoms with Crippen molar-refractivity contribution < 1.29 is 20.9 Å². The first-order chi connectivity index (χ1) is 9.43. The van der Waals surface area contributed by atoms with Crippen LogP contribution in [0.3, 0.4) is 0 Å². The van der Waals surface area contributed by atoms with Crippen LogP contribution in [-0.4, -0.2) is 22.7 Å². The van der Waals surface area contributed by atoms with Crippen LogP contribution in [-0.2, 0) is 20.9 Å². The van der Waals surface area contributed by atoms with Crippen molar-refractivity contribution in [1.82, 2.24) is 0 Å². The van der Waals surface area contributed by atoms with Crippen molar-refractivity contribution in [2.24, 2.45) is 3.34 Å². The summed E-state index contributed by atoms with van der Waals surface area (Å²) in [4.78, 5) is 0. The summed E-state index contributed by atoms with van der Waals surface area (Å²) < 4.78 is 4.30. The molecule has 0 unspecified atom stereocenters. The van der Waals surface area contributed by atoms with E-state index < -0.39 is 0 Å². The summed E-state index contributed by atoms with van der Waals surface area (Å²) >= 11 is 1.23. The third kappa shape index (κ3) is 86.8. The molecule has 1 aliphatic carbocycles. The van der Waals surface area contributed by atoms with Gasteiger partial charge in [-0.15, -0.1) is 16.6 Å². The molecule has 1 aliphatic rings. The van der Waals surface area contributed by atoms with Gasteiger partial charge in [0, 0.05) is 0 Å². The van der Waals surface area contributed by atoms with Gasteiger partial charge >= 0.3 is 56.0 Å². The number of nitrogens with one attached hydrogen (secondary N) is 3. The fraction of sp³-hybridized carbons (Fsp3) is 1.00. The summed E-state index contributed by atoms with van der Waals surface area (Å²) in [5, 5.41) is 0. The van der Waals surface area contributed by atoms with Crippen molar-refractivity contribution >= 4 is 0 Å². The molecule has 1 fully saturated rings. The van der Waals surface area contributed by atoms with Crippen LogP contribution in [0.25, 0.3) is 17.2 Å². The molecule has 0 spiro atoms. The maximum atomic E-state index is 6.94. The molecule has 0 aromatic rings. The molecule has 0 bridgehead atoms. The van der Waals surface area contributed by atoms with Gasteiger partial charge in [0.05, 0.1) is 0 Å². The molecule has 0 saturated heterocycles. The van der Waals surface area contributed by atoms with Crippen LogP contribution in [0.5, 0.6) is 0 Å². The van der Waals surface area contributed by atoms with Gasteiger partial charge in [-0.05, 0) is 0 Å². The molecule has 5 heteroatoms. The van der Waals surface area contributed by atoms with E-state index in [0.29, 0.717) is 0 Å². The SMILES string of the molecule is CC(C)(C)[NH-].CC(C)(C)[NH-].CC(C)(C)[NH-].[Ta]=[N]C1CCCC1. The molecule has 0 atom stereocenters. The summed E-state index contributed by atoms with van der Waals surface area (Å²) in [5.74, 6) is 0. The Hall–Kier alpha value is 0.420. The molecule has 0 aromatic heterocycles. The van der Waals surface area contributed by atoms with Crippen LogP contribution in [0.1, 0.15) is 88.0 Å². The van der Waals surface area contributed by atoms with E-state index >= 15 is 0 Å². The summed E-state index contributed by atoms with van der Waals surface area (Å²) in [6, 6.07) is 0.772. The quantitative estimate of drug-likeness (QED) is 0.381. The monoisotopic (exact) mass is 480 g/mol. The fourth-order valence-corrected chi connectivity index (χ4v) is 1.85. The Kier molecular flexibility index (Phi) is 15.9. The van der Waals surface area contributed by atoms with Crippen molar-refractivity contribution in [1.29, 1.82) is 0 Å². The molecular formula is C17H39N4Ta-3. The van der Waals surface area contributed by atoms with Gasteiger partial charge in [0.25, 0.3) is 0 Å². The molecule has 3 N–H and O–H groups in total. The van der Waals surface area contributed by atoms with Crippen molar-refractivity contribution in [3.05, 3.63) is 17.2 Å². The van der Waals surface area contributed by atoms with Gasteiger partial charge in [0.15, 0.2) is 0 Å². The topological polar surface area (TPSA) is 83.8 Å². The minimum atomic E-state index is -0.250. The first-order valence-corrected chi connectivity index (χ1v) is 9.46. The molecule has 0 amide bonds. The standard InChI is InChI=1S/C5H9N.3C4H10N.Ta/c6-5-3-1-2-4-5;3*1-4(2,3)5;/h5H,1-4H2;3*5H,1-3H3;/q;3*-1;. The van der Waals surface area contributed by atoms with Crippen LogP contribution in [0.15, 0.2) is 3.34 Å². The summed E-state index contributed by atoms with van der Waals surface area (Å²) in [6.07, 6.45) is 5.59. The van der Waals surface area contributed by atoms with Crippen LogP contribution in [0.2, 0.25) is 0 Å². The second-order valence-corrected chi connectivity index (χ2v) is 9.63. The van der Waals surface area contributed by atoms with Crippen LogP contribution in [0, 0.1) is 0 Å². The Labute approximate surface area is 152 Å². The molecule has 1 rings (SSSR count). The zero-order valence-corrected chi connectivity index (χ0v) is 19.5. The predicted octanol–water partition coefficient (Wildman–Crippen LogP) is 7.17. The van der Waals surface area contributed by atoms with Crippen molar-refractivity contribution in [3.63, 3.8) is 0 Å². The van der Waals surface area contributed by atoms with E-state index in [9.17, 15) is 0 Å². The molecule has 4 nitrogen and oxygen atoms in total. The van der Waals surface area contributed by atoms with Gasteiger partial charge in [0.1, 0.15) is 0 Å². The van der Waals surface area contributed by atoms with Gasteiger partial charge in [-0.3, -0.25) is 0 Å². The van der Waals surface area contributed by atoms with E-state index in [2.05, 4.69) is 3.34 Å². The molecule has 22 heavy (non-hydrogen) atoms. The average molecular weight is 480 g/mol. The van der Waals surface area contributed by atoms with Gasteiger partial charge in [-0.1, -0.05) is 62.3 Å². The van der Waals surface area contributed by atoms with Crippen molar-refractivity contribution in [3.8, 4) is 0 Å². The van der Waals surface area contributed by atoms with Crippen LogP contribution in [0.4, 0.5) is 0 Å². The first-order valence-electron chi connectivity index (χ1n) is 8.02. The summed E-state index contributed by atoms with van der Waals surface area (Å²) in [5.41, 5.74) is 20.1. The Balaban J connectivity index is -0.000000223. The molecule has 1 saturated carbocycles. The number of rotatable bonds is 1. The van der Waals surface area contributed by atoms with E-state index in [4.69, 9.17) is 17.2 Å². The number of hydrogen-bond acceptors (Lipinski definition) is 1. The molecule has 135 valence electrons. The second kappa shape index (κ2) is 12.8. The van der Waals surface area contributed by atoms with Crippen LogP contribution < -0.4 is 0 Å². The summed E-state index contributed by atoms with van der Waals surface area (Å²) in [6.45, 7) is 16.7. The average Bonchev–Trinajstić information content (AvgIpc) is 2.60. The van der Waals surface area contributed by atoms with Gasteiger partial charge in [-0.2, -0.15) is 0 Å². The van der Waals surface area contributed by atoms with E-state index in [0.717, 1.165) is 6.04 Å². The van der Waals surface area contributed by atoms with E-state index in [1.165, 1.54) is 46.6 Å². The molecule has 0 aliphatic heterocycles. The Bertz CT molecular complexity index is 207. The Morgan fingerprint density at radius 1 is 0.682 bits per heavy atom.